The summed E-state index contributed by atoms with van der Waals surface area (Å²) in [6.45, 7) is 18.5. The largest absolute Gasteiger partial charge is 0.0656 e. The highest BCUT2D eigenvalue weighted by Gasteiger charge is 2.25. The van der Waals surface area contributed by atoms with Crippen molar-refractivity contribution >= 4 is 0 Å². The maximum absolute atomic E-state index is 2.44. The predicted octanol–water partition coefficient (Wildman–Crippen LogP) is 8.89. The topological polar surface area (TPSA) is 0 Å². The summed E-state index contributed by atoms with van der Waals surface area (Å²) in [6.07, 6.45) is 15.9. The molecule has 0 amide bonds. The normalized spacial score (nSPS) is 28.2. The van der Waals surface area contributed by atoms with Gasteiger partial charge in [0.05, 0.1) is 0 Å². The first-order chi connectivity index (χ1) is 11.3. The fourth-order valence-electron chi connectivity index (χ4n) is 4.39. The third-order valence-electron chi connectivity index (χ3n) is 6.11. The van der Waals surface area contributed by atoms with Gasteiger partial charge in [-0.05, 0) is 48.3 Å². The second-order valence-corrected chi connectivity index (χ2v) is 9.85. The minimum Gasteiger partial charge on any atom is -0.0656 e. The van der Waals surface area contributed by atoms with Gasteiger partial charge in [-0.3, -0.25) is 0 Å². The summed E-state index contributed by atoms with van der Waals surface area (Å²) in [5, 5.41) is 0. The monoisotopic (exact) mass is 338 g/mol. The van der Waals surface area contributed by atoms with E-state index in [2.05, 4.69) is 55.4 Å². The highest BCUT2D eigenvalue weighted by Crippen LogP contribution is 2.37. The van der Waals surface area contributed by atoms with Gasteiger partial charge in [0.2, 0.25) is 0 Å². The third-order valence-corrected chi connectivity index (χ3v) is 6.11. The molecule has 2 aliphatic carbocycles. The summed E-state index contributed by atoms with van der Waals surface area (Å²) < 4.78 is 0. The Bertz CT molecular complexity index is 266. The fourth-order valence-corrected chi connectivity index (χ4v) is 4.39. The maximum Gasteiger partial charge on any atom is -0.0354 e. The molecule has 3 unspecified atom stereocenters. The van der Waals surface area contributed by atoms with Crippen molar-refractivity contribution in [1.29, 1.82) is 0 Å². The molecule has 2 fully saturated rings. The number of hydrogen-bond donors (Lipinski definition) is 0. The minimum absolute atomic E-state index is 0.570. The summed E-state index contributed by atoms with van der Waals surface area (Å²) >= 11 is 0. The van der Waals surface area contributed by atoms with Crippen molar-refractivity contribution in [3.8, 4) is 0 Å². The van der Waals surface area contributed by atoms with Gasteiger partial charge in [-0.25, -0.2) is 0 Å². The van der Waals surface area contributed by atoms with E-state index in [9.17, 15) is 0 Å². The van der Waals surface area contributed by atoms with Crippen LogP contribution in [0.4, 0.5) is 0 Å². The van der Waals surface area contributed by atoms with E-state index >= 15 is 0 Å². The molecule has 2 saturated carbocycles. The molecule has 0 bridgehead atoms. The standard InChI is InChI=1S/C11H22.C10H20.C3H8/c1-4-5-11-8-9(2)6-7-10(11)3;1-10(2,3)9-7-5-4-6-8-9;1-3-2/h9-11H,4-8H2,1-3H3;9H,4-8H2,1-3H3;3H2,1-2H3. The zero-order chi connectivity index (χ0) is 18.6. The lowest BCUT2D eigenvalue weighted by Gasteiger charge is -2.33. The van der Waals surface area contributed by atoms with Crippen LogP contribution in [0.3, 0.4) is 0 Å². The van der Waals surface area contributed by atoms with Crippen molar-refractivity contribution in [3.63, 3.8) is 0 Å². The lowest BCUT2D eigenvalue weighted by molar-refractivity contribution is 0.180. The minimum atomic E-state index is 0.570. The van der Waals surface area contributed by atoms with Gasteiger partial charge >= 0.3 is 0 Å². The Morgan fingerprint density at radius 1 is 0.792 bits per heavy atom. The third kappa shape index (κ3) is 10.8. The van der Waals surface area contributed by atoms with Crippen molar-refractivity contribution in [2.45, 2.75) is 126 Å². The Hall–Kier alpha value is 0. The van der Waals surface area contributed by atoms with Crippen molar-refractivity contribution in [2.24, 2.45) is 29.1 Å². The molecule has 0 radical (unpaired) electrons. The van der Waals surface area contributed by atoms with Gasteiger partial charge in [-0.15, -0.1) is 0 Å². The zero-order valence-electron chi connectivity index (χ0n) is 18.6. The molecule has 2 aliphatic rings. The molecule has 0 aromatic rings. The quantitative estimate of drug-likeness (QED) is 0.471. The van der Waals surface area contributed by atoms with Crippen molar-refractivity contribution in [3.05, 3.63) is 0 Å². The molecule has 0 aromatic heterocycles. The Morgan fingerprint density at radius 3 is 1.75 bits per heavy atom. The Balaban J connectivity index is 0.000000381. The average Bonchev–Trinajstić information content (AvgIpc) is 2.53. The van der Waals surface area contributed by atoms with Crippen LogP contribution in [-0.2, 0) is 0 Å². The maximum atomic E-state index is 2.44. The van der Waals surface area contributed by atoms with Crippen LogP contribution in [0.25, 0.3) is 0 Å². The molecular formula is C24H50. The molecule has 3 atom stereocenters. The Kier molecular flexibility index (Phi) is 13.2. The van der Waals surface area contributed by atoms with E-state index in [1.54, 1.807) is 0 Å². The van der Waals surface area contributed by atoms with Gasteiger partial charge in [0.25, 0.3) is 0 Å². The number of hydrogen-bond acceptors (Lipinski definition) is 0. The van der Waals surface area contributed by atoms with Crippen molar-refractivity contribution in [2.75, 3.05) is 0 Å². The van der Waals surface area contributed by atoms with E-state index in [4.69, 9.17) is 0 Å². The molecule has 2 rings (SSSR count). The first-order valence-electron chi connectivity index (χ1n) is 11.3. The van der Waals surface area contributed by atoms with E-state index in [1.165, 1.54) is 70.6 Å². The molecule has 0 saturated heterocycles. The van der Waals surface area contributed by atoms with Crippen molar-refractivity contribution < 1.29 is 0 Å². The van der Waals surface area contributed by atoms with E-state index in [0.29, 0.717) is 5.41 Å². The molecule has 0 heterocycles. The van der Waals surface area contributed by atoms with E-state index < -0.39 is 0 Å². The van der Waals surface area contributed by atoms with E-state index in [-0.39, 0.29) is 0 Å². The summed E-state index contributed by atoms with van der Waals surface area (Å²) in [7, 11) is 0. The van der Waals surface area contributed by atoms with Crippen LogP contribution in [0.5, 0.6) is 0 Å². The van der Waals surface area contributed by atoms with E-state index in [0.717, 1.165) is 23.7 Å². The van der Waals surface area contributed by atoms with Gasteiger partial charge < -0.3 is 0 Å². The smallest absolute Gasteiger partial charge is 0.0354 e. The van der Waals surface area contributed by atoms with Crippen LogP contribution in [0, 0.1) is 29.1 Å². The van der Waals surface area contributed by atoms with Gasteiger partial charge in [0.1, 0.15) is 0 Å². The summed E-state index contributed by atoms with van der Waals surface area (Å²) in [6, 6.07) is 0. The first kappa shape index (κ1) is 24.0. The molecule has 0 heteroatoms. The summed E-state index contributed by atoms with van der Waals surface area (Å²) in [5.41, 5.74) is 0.570. The van der Waals surface area contributed by atoms with Crippen LogP contribution in [0.1, 0.15) is 126 Å². The highest BCUT2D eigenvalue weighted by molar-refractivity contribution is 4.77. The van der Waals surface area contributed by atoms with Crippen LogP contribution in [0.15, 0.2) is 0 Å². The fraction of sp³-hybridized carbons (Fsp3) is 1.00. The molecule has 146 valence electrons. The lowest BCUT2D eigenvalue weighted by atomic mass is 9.72. The zero-order valence-corrected chi connectivity index (χ0v) is 18.6. The molecule has 0 aliphatic heterocycles. The van der Waals surface area contributed by atoms with Gasteiger partial charge in [-0.2, -0.15) is 0 Å². The van der Waals surface area contributed by atoms with Crippen LogP contribution in [0.2, 0.25) is 0 Å². The predicted molar refractivity (Wildman–Crippen MR) is 113 cm³/mol. The molecular weight excluding hydrogens is 288 g/mol. The first-order valence-corrected chi connectivity index (χ1v) is 11.3. The Labute approximate surface area is 155 Å². The van der Waals surface area contributed by atoms with Gasteiger partial charge in [0.15, 0.2) is 0 Å². The number of rotatable bonds is 2. The van der Waals surface area contributed by atoms with E-state index in [1.807, 2.05) is 0 Å². The molecule has 24 heavy (non-hydrogen) atoms. The van der Waals surface area contributed by atoms with Crippen LogP contribution in [-0.4, -0.2) is 0 Å². The second-order valence-electron chi connectivity index (χ2n) is 9.85. The highest BCUT2D eigenvalue weighted by atomic mass is 14.3. The van der Waals surface area contributed by atoms with Crippen molar-refractivity contribution in [1.82, 2.24) is 0 Å². The van der Waals surface area contributed by atoms with Gasteiger partial charge in [-0.1, -0.05) is 107 Å². The van der Waals surface area contributed by atoms with Gasteiger partial charge in [0, 0.05) is 0 Å². The summed E-state index contributed by atoms with van der Waals surface area (Å²) in [5.74, 6) is 4.05. The molecule has 0 N–H and O–H groups in total. The lowest BCUT2D eigenvalue weighted by Crippen LogP contribution is -2.22. The van der Waals surface area contributed by atoms with Crippen LogP contribution >= 0.6 is 0 Å². The Morgan fingerprint density at radius 2 is 1.33 bits per heavy atom. The molecule has 0 nitrogen and oxygen atoms in total. The average molecular weight is 339 g/mol. The van der Waals surface area contributed by atoms with Crippen LogP contribution < -0.4 is 0 Å². The second kappa shape index (κ2) is 13.2. The molecule has 0 aromatic carbocycles. The SMILES string of the molecule is CC(C)(C)C1CCCCC1.CCC.CCCC1CC(C)CCC1C. The summed E-state index contributed by atoms with van der Waals surface area (Å²) in [4.78, 5) is 0. The molecule has 0 spiro atoms.